The van der Waals surface area contributed by atoms with Gasteiger partial charge in [0.15, 0.2) is 10.8 Å². The van der Waals surface area contributed by atoms with Crippen molar-refractivity contribution in [3.8, 4) is 5.75 Å². The van der Waals surface area contributed by atoms with E-state index in [2.05, 4.69) is 15.5 Å². The highest BCUT2D eigenvalue weighted by molar-refractivity contribution is 6.46. The Morgan fingerprint density at radius 1 is 1.30 bits per heavy atom. The van der Waals surface area contributed by atoms with Gasteiger partial charge in [0.05, 0.1) is 24.0 Å². The second-order valence-electron chi connectivity index (χ2n) is 4.23. The van der Waals surface area contributed by atoms with Gasteiger partial charge in [-0.15, -0.1) is 0 Å². The highest BCUT2D eigenvalue weighted by atomic mass is 35.5. The number of para-hydroxylation sites is 1. The van der Waals surface area contributed by atoms with Crippen LogP contribution >= 0.6 is 34.8 Å². The number of halogens is 3. The Morgan fingerprint density at radius 3 is 2.70 bits per heavy atom. The van der Waals surface area contributed by atoms with Crippen molar-refractivity contribution in [2.75, 3.05) is 12.8 Å². The maximum atomic E-state index is 12.1. The minimum Gasteiger partial charge on any atom is -0.496 e. The van der Waals surface area contributed by atoms with Crippen molar-refractivity contribution < 1.29 is 9.53 Å². The highest BCUT2D eigenvalue weighted by Crippen LogP contribution is 2.34. The second-order valence-corrected chi connectivity index (χ2v) is 5.35. The van der Waals surface area contributed by atoms with Crippen LogP contribution in [0.1, 0.15) is 16.1 Å². The SMILES string of the molecule is COc1ccccc1C=NNC(=O)c1nc(Cl)c(Cl)c(N)c1Cl. The summed E-state index contributed by atoms with van der Waals surface area (Å²) < 4.78 is 5.17. The van der Waals surface area contributed by atoms with Gasteiger partial charge < -0.3 is 10.5 Å². The monoisotopic (exact) mass is 372 g/mol. The zero-order valence-corrected chi connectivity index (χ0v) is 14.1. The van der Waals surface area contributed by atoms with Gasteiger partial charge in [0, 0.05) is 5.56 Å². The number of rotatable bonds is 4. The third-order valence-electron chi connectivity index (χ3n) is 2.80. The number of aromatic nitrogens is 1. The number of hydrogen-bond donors (Lipinski definition) is 2. The first kappa shape index (κ1) is 17.3. The Labute approximate surface area is 147 Å². The molecule has 0 unspecified atom stereocenters. The summed E-state index contributed by atoms with van der Waals surface area (Å²) in [5, 5.41) is 3.61. The minimum atomic E-state index is -0.675. The molecule has 0 aliphatic heterocycles. The molecule has 3 N–H and O–H groups in total. The molecule has 1 amide bonds. The lowest BCUT2D eigenvalue weighted by Crippen LogP contribution is -2.20. The van der Waals surface area contributed by atoms with E-state index in [0.29, 0.717) is 11.3 Å². The van der Waals surface area contributed by atoms with E-state index < -0.39 is 5.91 Å². The number of pyridine rings is 1. The summed E-state index contributed by atoms with van der Waals surface area (Å²) in [4.78, 5) is 15.9. The van der Waals surface area contributed by atoms with Gasteiger partial charge in [0.25, 0.3) is 5.91 Å². The smallest absolute Gasteiger partial charge is 0.291 e. The Hall–Kier alpha value is -2.02. The summed E-state index contributed by atoms with van der Waals surface area (Å²) in [5.74, 6) is -0.0631. The first-order chi connectivity index (χ1) is 11.0. The summed E-state index contributed by atoms with van der Waals surface area (Å²) in [7, 11) is 1.54. The second kappa shape index (κ2) is 7.50. The summed E-state index contributed by atoms with van der Waals surface area (Å²) in [6.07, 6.45) is 1.42. The third-order valence-corrected chi connectivity index (χ3v) is 3.93. The molecule has 2 rings (SSSR count). The normalized spacial score (nSPS) is 10.8. The lowest BCUT2D eigenvalue weighted by molar-refractivity contribution is 0.0950. The van der Waals surface area contributed by atoms with E-state index in [4.69, 9.17) is 45.3 Å². The average Bonchev–Trinajstić information content (AvgIpc) is 2.56. The first-order valence-electron chi connectivity index (χ1n) is 6.22. The molecule has 0 atom stereocenters. The van der Waals surface area contributed by atoms with E-state index in [1.807, 2.05) is 12.1 Å². The number of methoxy groups -OCH3 is 1. The topological polar surface area (TPSA) is 89.6 Å². The molecule has 0 bridgehead atoms. The number of nitrogens with one attached hydrogen (secondary N) is 1. The number of nitrogens with zero attached hydrogens (tertiary/aromatic N) is 2. The number of amides is 1. The Balaban J connectivity index is 2.19. The number of nitrogens with two attached hydrogens (primary N) is 1. The van der Waals surface area contributed by atoms with Gasteiger partial charge in [-0.1, -0.05) is 46.9 Å². The number of carbonyl (C=O) groups excluding carboxylic acids is 1. The van der Waals surface area contributed by atoms with Gasteiger partial charge in [0.2, 0.25) is 0 Å². The van der Waals surface area contributed by atoms with Gasteiger partial charge in [0.1, 0.15) is 10.8 Å². The molecular formula is C14H11Cl3N4O2. The lowest BCUT2D eigenvalue weighted by atomic mass is 10.2. The molecule has 1 heterocycles. The number of hydrazone groups is 1. The molecule has 1 aromatic carbocycles. The van der Waals surface area contributed by atoms with Crippen LogP contribution in [0.15, 0.2) is 29.4 Å². The number of carbonyl (C=O) groups is 1. The van der Waals surface area contributed by atoms with Crippen LogP contribution in [0.5, 0.6) is 5.75 Å². The fourth-order valence-corrected chi connectivity index (χ4v) is 2.26. The largest absolute Gasteiger partial charge is 0.496 e. The van der Waals surface area contributed by atoms with Crippen LogP contribution in [0.25, 0.3) is 0 Å². The molecule has 9 heteroatoms. The summed E-state index contributed by atoms with van der Waals surface area (Å²) in [6.45, 7) is 0. The van der Waals surface area contributed by atoms with Crippen LogP contribution in [-0.4, -0.2) is 24.2 Å². The predicted molar refractivity (Wildman–Crippen MR) is 91.7 cm³/mol. The van der Waals surface area contributed by atoms with E-state index in [-0.39, 0.29) is 26.6 Å². The van der Waals surface area contributed by atoms with Crippen LogP contribution in [0.2, 0.25) is 15.2 Å². The Kier molecular flexibility index (Phi) is 5.65. The number of hydrogen-bond acceptors (Lipinski definition) is 5. The maximum Gasteiger partial charge on any atom is 0.291 e. The number of nitrogen functional groups attached to an aromatic ring is 1. The van der Waals surface area contributed by atoms with E-state index in [1.165, 1.54) is 13.3 Å². The maximum absolute atomic E-state index is 12.1. The first-order valence-corrected chi connectivity index (χ1v) is 7.35. The molecule has 0 aliphatic carbocycles. The average molecular weight is 374 g/mol. The standard InChI is InChI=1S/C14H11Cl3N4O2/c1-23-8-5-3-2-4-7(8)6-19-21-14(22)12-9(15)11(18)10(16)13(17)20-12/h2-6H,1H3,(H2,18,20)(H,21,22). The zero-order chi connectivity index (χ0) is 17.0. The lowest BCUT2D eigenvalue weighted by Gasteiger charge is -2.07. The Morgan fingerprint density at radius 2 is 2.00 bits per heavy atom. The van der Waals surface area contributed by atoms with Crippen LogP contribution in [-0.2, 0) is 0 Å². The van der Waals surface area contributed by atoms with Crippen molar-refractivity contribution in [2.24, 2.45) is 5.10 Å². The molecule has 0 saturated carbocycles. The fraction of sp³-hybridized carbons (Fsp3) is 0.0714. The van der Waals surface area contributed by atoms with Crippen molar-refractivity contribution in [1.82, 2.24) is 10.4 Å². The predicted octanol–water partition coefficient (Wildman–Crippen LogP) is 3.40. The van der Waals surface area contributed by atoms with Crippen molar-refractivity contribution in [3.05, 3.63) is 50.7 Å². The van der Waals surface area contributed by atoms with E-state index in [0.717, 1.165) is 0 Å². The molecule has 0 radical (unpaired) electrons. The summed E-state index contributed by atoms with van der Waals surface area (Å²) >= 11 is 17.5. The van der Waals surface area contributed by atoms with E-state index >= 15 is 0 Å². The molecule has 0 aliphatic rings. The quantitative estimate of drug-likeness (QED) is 0.488. The van der Waals surface area contributed by atoms with E-state index in [9.17, 15) is 4.79 Å². The molecular weight excluding hydrogens is 363 g/mol. The fourth-order valence-electron chi connectivity index (χ4n) is 1.67. The highest BCUT2D eigenvalue weighted by Gasteiger charge is 2.19. The zero-order valence-electron chi connectivity index (χ0n) is 11.8. The van der Waals surface area contributed by atoms with Gasteiger partial charge >= 0.3 is 0 Å². The Bertz CT molecular complexity index is 781. The van der Waals surface area contributed by atoms with Crippen LogP contribution in [0, 0.1) is 0 Å². The molecule has 0 spiro atoms. The summed E-state index contributed by atoms with van der Waals surface area (Å²) in [6, 6.07) is 7.17. The minimum absolute atomic E-state index is 0.00857. The van der Waals surface area contributed by atoms with Crippen molar-refractivity contribution in [2.45, 2.75) is 0 Å². The number of ether oxygens (including phenoxy) is 1. The molecule has 0 fully saturated rings. The number of anilines is 1. The van der Waals surface area contributed by atoms with Gasteiger partial charge in [-0.2, -0.15) is 5.10 Å². The third kappa shape index (κ3) is 3.85. The van der Waals surface area contributed by atoms with Gasteiger partial charge in [-0.3, -0.25) is 4.79 Å². The van der Waals surface area contributed by atoms with E-state index in [1.54, 1.807) is 12.1 Å². The van der Waals surface area contributed by atoms with Crippen LogP contribution in [0.4, 0.5) is 5.69 Å². The van der Waals surface area contributed by atoms with Gasteiger partial charge in [-0.25, -0.2) is 10.4 Å². The van der Waals surface area contributed by atoms with Gasteiger partial charge in [-0.05, 0) is 12.1 Å². The van der Waals surface area contributed by atoms with Crippen LogP contribution < -0.4 is 15.9 Å². The molecule has 0 saturated heterocycles. The summed E-state index contributed by atoms with van der Waals surface area (Å²) in [5.41, 5.74) is 8.43. The van der Waals surface area contributed by atoms with Crippen LogP contribution in [0.3, 0.4) is 0 Å². The molecule has 2 aromatic rings. The molecule has 23 heavy (non-hydrogen) atoms. The molecule has 120 valence electrons. The molecule has 6 nitrogen and oxygen atoms in total. The van der Waals surface area contributed by atoms with Crippen molar-refractivity contribution in [3.63, 3.8) is 0 Å². The van der Waals surface area contributed by atoms with Crippen molar-refractivity contribution in [1.29, 1.82) is 0 Å². The number of benzene rings is 1. The van der Waals surface area contributed by atoms with Crippen molar-refractivity contribution >= 4 is 52.6 Å². The molecule has 1 aromatic heterocycles.